The summed E-state index contributed by atoms with van der Waals surface area (Å²) < 4.78 is 5.02. The highest BCUT2D eigenvalue weighted by atomic mass is 16.6. The van der Waals surface area contributed by atoms with Gasteiger partial charge in [-0.2, -0.15) is 0 Å². The van der Waals surface area contributed by atoms with Crippen LogP contribution in [0.3, 0.4) is 0 Å². The summed E-state index contributed by atoms with van der Waals surface area (Å²) in [6, 6.07) is -1.32. The summed E-state index contributed by atoms with van der Waals surface area (Å²) >= 11 is 0. The largest absolute Gasteiger partial charge is 0.480 e. The van der Waals surface area contributed by atoms with Gasteiger partial charge in [0.05, 0.1) is 12.0 Å². The van der Waals surface area contributed by atoms with Gasteiger partial charge in [0.25, 0.3) is 0 Å². The molecule has 0 aromatic rings. The van der Waals surface area contributed by atoms with Gasteiger partial charge in [-0.05, 0) is 33.6 Å². The van der Waals surface area contributed by atoms with Gasteiger partial charge in [0.2, 0.25) is 5.91 Å². The van der Waals surface area contributed by atoms with E-state index in [9.17, 15) is 14.4 Å². The third kappa shape index (κ3) is 4.86. The topological polar surface area (TPSA) is 119 Å². The smallest absolute Gasteiger partial charge is 0.326 e. The summed E-state index contributed by atoms with van der Waals surface area (Å²) in [6.07, 6.45) is 0.629. The monoisotopic (exact) mass is 272 g/mol. The first kappa shape index (κ1) is 15.4. The van der Waals surface area contributed by atoms with Crippen molar-refractivity contribution in [3.63, 3.8) is 0 Å². The number of ether oxygens (including phenoxy) is 1. The number of aliphatic carboxylic acids is 1. The molecule has 0 aromatic heterocycles. The van der Waals surface area contributed by atoms with Gasteiger partial charge in [-0.1, -0.05) is 0 Å². The van der Waals surface area contributed by atoms with Crippen LogP contribution in [0.1, 0.15) is 40.0 Å². The van der Waals surface area contributed by atoms with Gasteiger partial charge in [-0.3, -0.25) is 9.59 Å². The van der Waals surface area contributed by atoms with Crippen LogP contribution < -0.4 is 11.1 Å². The molecule has 1 aliphatic rings. The van der Waals surface area contributed by atoms with Crippen LogP contribution in [0, 0.1) is 0 Å². The molecule has 0 spiro atoms. The van der Waals surface area contributed by atoms with Crippen LogP contribution in [0.5, 0.6) is 0 Å². The molecule has 0 bridgehead atoms. The fourth-order valence-corrected chi connectivity index (χ4v) is 1.41. The Labute approximate surface area is 111 Å². The van der Waals surface area contributed by atoms with E-state index in [-0.39, 0.29) is 0 Å². The second-order valence-electron chi connectivity index (χ2n) is 5.81. The van der Waals surface area contributed by atoms with Gasteiger partial charge in [0, 0.05) is 0 Å². The highest BCUT2D eigenvalue weighted by Crippen LogP contribution is 2.32. The highest BCUT2D eigenvalue weighted by molar-refractivity contribution is 5.93. The molecule has 0 heterocycles. The quantitative estimate of drug-likeness (QED) is 0.595. The van der Waals surface area contributed by atoms with Crippen molar-refractivity contribution in [2.24, 2.45) is 5.73 Å². The fourth-order valence-electron chi connectivity index (χ4n) is 1.41. The van der Waals surface area contributed by atoms with Crippen LogP contribution in [0.15, 0.2) is 0 Å². The Morgan fingerprint density at radius 2 is 1.89 bits per heavy atom. The Hall–Kier alpha value is -1.63. The minimum absolute atomic E-state index is 0.422. The van der Waals surface area contributed by atoms with Crippen LogP contribution >= 0.6 is 0 Å². The summed E-state index contributed by atoms with van der Waals surface area (Å²) in [5.74, 6) is -2.51. The Balaban J connectivity index is 2.56. The van der Waals surface area contributed by atoms with E-state index in [1.165, 1.54) is 0 Å². The second-order valence-corrected chi connectivity index (χ2v) is 5.81. The van der Waals surface area contributed by atoms with E-state index in [1.807, 2.05) is 0 Å². The molecule has 0 aliphatic heterocycles. The lowest BCUT2D eigenvalue weighted by Gasteiger charge is -2.22. The number of esters is 1. The molecular weight excluding hydrogens is 252 g/mol. The van der Waals surface area contributed by atoms with E-state index >= 15 is 0 Å². The zero-order valence-corrected chi connectivity index (χ0v) is 11.4. The molecule has 108 valence electrons. The molecule has 0 radical (unpaired) electrons. The highest BCUT2D eigenvalue weighted by Gasteiger charge is 2.47. The minimum atomic E-state index is -1.32. The third-order valence-electron chi connectivity index (χ3n) is 2.64. The molecule has 1 aliphatic carbocycles. The van der Waals surface area contributed by atoms with Crippen LogP contribution in [0.25, 0.3) is 0 Å². The summed E-state index contributed by atoms with van der Waals surface area (Å²) in [4.78, 5) is 34.2. The first-order valence-corrected chi connectivity index (χ1v) is 6.08. The van der Waals surface area contributed by atoms with Gasteiger partial charge in [0.15, 0.2) is 0 Å². The number of carboxylic acid groups (broad SMARTS) is 1. The number of carbonyl (C=O) groups is 3. The summed E-state index contributed by atoms with van der Waals surface area (Å²) in [5, 5.41) is 11.3. The Morgan fingerprint density at radius 3 is 2.26 bits per heavy atom. The number of rotatable bonds is 5. The lowest BCUT2D eigenvalue weighted by molar-refractivity contribution is -0.158. The SMILES string of the molecule is CC(C)(C)OC(=O)C[C@H](NC(=O)C1(N)CC1)C(=O)O. The molecule has 0 aromatic carbocycles. The molecule has 0 saturated heterocycles. The molecule has 7 nitrogen and oxygen atoms in total. The maximum Gasteiger partial charge on any atom is 0.326 e. The van der Waals surface area contributed by atoms with Crippen molar-refractivity contribution in [2.75, 3.05) is 0 Å². The third-order valence-corrected chi connectivity index (χ3v) is 2.64. The van der Waals surface area contributed by atoms with Crippen molar-refractivity contribution in [3.8, 4) is 0 Å². The van der Waals surface area contributed by atoms with Crippen LogP contribution in [0.2, 0.25) is 0 Å². The molecule has 1 saturated carbocycles. The van der Waals surface area contributed by atoms with Crippen LogP contribution in [0.4, 0.5) is 0 Å². The number of hydrogen-bond acceptors (Lipinski definition) is 5. The van der Waals surface area contributed by atoms with Crippen molar-refractivity contribution in [1.29, 1.82) is 0 Å². The first-order valence-electron chi connectivity index (χ1n) is 6.08. The average molecular weight is 272 g/mol. The fraction of sp³-hybridized carbons (Fsp3) is 0.750. The lowest BCUT2D eigenvalue weighted by Crippen LogP contribution is -2.50. The van der Waals surface area contributed by atoms with E-state index in [2.05, 4.69) is 5.32 Å². The summed E-state index contributed by atoms with van der Waals surface area (Å²) in [6.45, 7) is 5.04. The van der Waals surface area contributed by atoms with Crippen molar-refractivity contribution in [3.05, 3.63) is 0 Å². The number of carbonyl (C=O) groups excluding carboxylic acids is 2. The Bertz CT molecular complexity index is 395. The number of nitrogens with one attached hydrogen (secondary N) is 1. The number of amides is 1. The van der Waals surface area contributed by atoms with E-state index in [0.717, 1.165) is 0 Å². The predicted octanol–water partition coefficient (Wildman–Crippen LogP) is -0.221. The van der Waals surface area contributed by atoms with Crippen molar-refractivity contribution >= 4 is 17.8 Å². The lowest BCUT2D eigenvalue weighted by atomic mass is 10.1. The second kappa shape index (κ2) is 5.16. The Kier molecular flexibility index (Phi) is 4.19. The van der Waals surface area contributed by atoms with Gasteiger partial charge >= 0.3 is 11.9 Å². The van der Waals surface area contributed by atoms with Crippen LogP contribution in [-0.4, -0.2) is 40.1 Å². The van der Waals surface area contributed by atoms with Gasteiger partial charge in [-0.25, -0.2) is 4.79 Å². The first-order chi connectivity index (χ1) is 8.53. The van der Waals surface area contributed by atoms with E-state index in [4.69, 9.17) is 15.6 Å². The molecular formula is C12H20N2O5. The molecule has 7 heteroatoms. The van der Waals surface area contributed by atoms with E-state index in [1.54, 1.807) is 20.8 Å². The summed E-state index contributed by atoms with van der Waals surface area (Å²) in [7, 11) is 0. The van der Waals surface area contributed by atoms with Gasteiger partial charge in [0.1, 0.15) is 11.6 Å². The van der Waals surface area contributed by atoms with Crippen molar-refractivity contribution in [2.45, 2.75) is 57.2 Å². The zero-order valence-electron chi connectivity index (χ0n) is 11.4. The summed E-state index contributed by atoms with van der Waals surface area (Å²) in [5.41, 5.74) is 3.98. The normalized spacial score (nSPS) is 18.3. The average Bonchev–Trinajstić information content (AvgIpc) is 2.93. The van der Waals surface area contributed by atoms with Gasteiger partial charge in [-0.15, -0.1) is 0 Å². The number of carboxylic acids is 1. The molecule has 1 atom stereocenters. The molecule has 4 N–H and O–H groups in total. The van der Waals surface area contributed by atoms with Crippen LogP contribution in [-0.2, 0) is 19.1 Å². The molecule has 1 amide bonds. The predicted molar refractivity (Wildman–Crippen MR) is 66.2 cm³/mol. The number of hydrogen-bond donors (Lipinski definition) is 3. The molecule has 1 fully saturated rings. The van der Waals surface area contributed by atoms with Crippen molar-refractivity contribution in [1.82, 2.24) is 5.32 Å². The number of nitrogens with two attached hydrogens (primary N) is 1. The van der Waals surface area contributed by atoms with E-state index < -0.39 is 41.4 Å². The standard InChI is InChI=1S/C12H20N2O5/c1-11(2,3)19-8(15)6-7(9(16)17)14-10(18)12(13)4-5-12/h7H,4-6,13H2,1-3H3,(H,14,18)(H,16,17)/t7-/m0/s1. The maximum absolute atomic E-state index is 11.7. The minimum Gasteiger partial charge on any atom is -0.480 e. The maximum atomic E-state index is 11.7. The Morgan fingerprint density at radius 1 is 1.37 bits per heavy atom. The van der Waals surface area contributed by atoms with Crippen molar-refractivity contribution < 1.29 is 24.2 Å². The van der Waals surface area contributed by atoms with Gasteiger partial charge < -0.3 is 20.9 Å². The molecule has 1 rings (SSSR count). The molecule has 0 unspecified atom stereocenters. The zero-order chi connectivity index (χ0) is 14.8. The van der Waals surface area contributed by atoms with E-state index in [0.29, 0.717) is 12.8 Å². The molecule has 19 heavy (non-hydrogen) atoms.